The van der Waals surface area contributed by atoms with Gasteiger partial charge in [0.25, 0.3) is 0 Å². The van der Waals surface area contributed by atoms with Crippen LogP contribution in [0.15, 0.2) is 72.9 Å². The summed E-state index contributed by atoms with van der Waals surface area (Å²) in [5.74, 6) is -3.05. The van der Waals surface area contributed by atoms with Crippen LogP contribution in [0.5, 0.6) is 11.5 Å². The van der Waals surface area contributed by atoms with E-state index < -0.39 is 47.5 Å². The maximum atomic E-state index is 13.1. The van der Waals surface area contributed by atoms with Gasteiger partial charge in [-0.3, -0.25) is 19.4 Å². The lowest BCUT2D eigenvalue weighted by atomic mass is 10.0. The average Bonchev–Trinajstić information content (AvgIpc) is 3.85. The standard InChI is InChI=1S/C28H24FN3O5.C4H6O5/c29-19-1-3-20(4-2-19)31-26(35)28(10-11-28)27(36)32-21-5-7-22(8-6-21)37-25-9-12-30-24-14-18(16-34)17(15-33)13-23(24)25;5-2(4(8)9)1-3(6)7/h1-9,12-14,33-34H,10-11,15-16H2,(H,31,35)(H,32,36);2,5H,1H2,(H,6,7)(H,8,9)/t;2-/m.0/s1. The number of hydrogen-bond acceptors (Lipinski definition) is 9. The Bertz CT molecular complexity index is 1740. The summed E-state index contributed by atoms with van der Waals surface area (Å²) in [7, 11) is 0. The van der Waals surface area contributed by atoms with Crippen LogP contribution in [-0.2, 0) is 32.4 Å². The molecule has 0 radical (unpaired) electrons. The van der Waals surface area contributed by atoms with Crippen molar-refractivity contribution in [2.75, 3.05) is 10.6 Å². The van der Waals surface area contributed by atoms with E-state index in [0.29, 0.717) is 57.7 Å². The van der Waals surface area contributed by atoms with Crippen molar-refractivity contribution in [1.82, 2.24) is 4.98 Å². The molecule has 240 valence electrons. The highest BCUT2D eigenvalue weighted by atomic mass is 19.1. The maximum absolute atomic E-state index is 13.1. The third-order valence-electron chi connectivity index (χ3n) is 7.08. The zero-order valence-corrected chi connectivity index (χ0v) is 24.1. The van der Waals surface area contributed by atoms with Gasteiger partial charge in [-0.05, 0) is 90.7 Å². The molecule has 1 aliphatic carbocycles. The summed E-state index contributed by atoms with van der Waals surface area (Å²) in [5, 5.41) is 49.5. The molecule has 1 fully saturated rings. The quantitative estimate of drug-likeness (QED) is 0.119. The number of anilines is 2. The number of aromatic nitrogens is 1. The number of carboxylic acid groups (broad SMARTS) is 2. The van der Waals surface area contributed by atoms with Gasteiger partial charge < -0.3 is 40.9 Å². The first-order valence-electron chi connectivity index (χ1n) is 13.9. The Kier molecular flexibility index (Phi) is 10.6. The van der Waals surface area contributed by atoms with Gasteiger partial charge in [-0.25, -0.2) is 9.18 Å². The van der Waals surface area contributed by atoms with Gasteiger partial charge in [0.05, 0.1) is 25.2 Å². The van der Waals surface area contributed by atoms with Gasteiger partial charge >= 0.3 is 11.9 Å². The van der Waals surface area contributed by atoms with E-state index in [1.54, 1.807) is 48.7 Å². The van der Waals surface area contributed by atoms with Crippen molar-refractivity contribution >= 4 is 46.0 Å². The molecule has 0 unspecified atom stereocenters. The largest absolute Gasteiger partial charge is 0.481 e. The summed E-state index contributed by atoms with van der Waals surface area (Å²) in [6.07, 6.45) is -0.0955. The molecule has 4 aromatic rings. The normalized spacial score (nSPS) is 13.5. The van der Waals surface area contributed by atoms with E-state index in [4.69, 9.17) is 20.1 Å². The van der Waals surface area contributed by atoms with Crippen molar-refractivity contribution in [2.24, 2.45) is 5.41 Å². The number of amides is 2. The number of aliphatic hydroxyl groups is 3. The first-order chi connectivity index (χ1) is 21.9. The number of fused-ring (bicyclic) bond motifs is 1. The second-order valence-corrected chi connectivity index (χ2v) is 10.3. The number of ether oxygens (including phenoxy) is 1. The average molecular weight is 636 g/mol. The van der Waals surface area contributed by atoms with Crippen LogP contribution < -0.4 is 15.4 Å². The smallest absolute Gasteiger partial charge is 0.333 e. The number of pyridine rings is 1. The third kappa shape index (κ3) is 8.18. The molecule has 7 N–H and O–H groups in total. The van der Waals surface area contributed by atoms with Crippen molar-refractivity contribution in [1.29, 1.82) is 0 Å². The minimum absolute atomic E-state index is 0.207. The number of hydrogen-bond donors (Lipinski definition) is 7. The number of aliphatic carboxylic acids is 2. The fraction of sp³-hybridized carbons (Fsp3) is 0.219. The molecule has 5 rings (SSSR count). The summed E-state index contributed by atoms with van der Waals surface area (Å²) in [6, 6.07) is 17.3. The molecular weight excluding hydrogens is 605 g/mol. The number of carboxylic acids is 2. The highest BCUT2D eigenvalue weighted by Gasteiger charge is 2.56. The molecule has 1 heterocycles. The van der Waals surface area contributed by atoms with Gasteiger partial charge in [0.1, 0.15) is 22.7 Å². The van der Waals surface area contributed by atoms with Crippen LogP contribution in [0.4, 0.5) is 15.8 Å². The SMILES string of the molecule is O=C(Nc1ccc(F)cc1)C1(C(=O)Nc2ccc(Oc3ccnc4cc(CO)c(CO)cc34)cc2)CC1.O=C(O)C[C@H](O)C(=O)O. The molecular formula is C32H30FN3O10. The van der Waals surface area contributed by atoms with Crippen LogP contribution in [0.1, 0.15) is 30.4 Å². The Morgan fingerprint density at radius 1 is 0.848 bits per heavy atom. The lowest BCUT2D eigenvalue weighted by Gasteiger charge is -2.16. The topological polar surface area (TPSA) is 216 Å². The van der Waals surface area contributed by atoms with Crippen molar-refractivity contribution in [3.8, 4) is 11.5 Å². The zero-order valence-electron chi connectivity index (χ0n) is 24.1. The molecule has 1 saturated carbocycles. The Morgan fingerprint density at radius 2 is 1.39 bits per heavy atom. The van der Waals surface area contributed by atoms with Crippen LogP contribution >= 0.6 is 0 Å². The Hall–Kier alpha value is -5.44. The number of carbonyl (C=O) groups excluding carboxylic acids is 2. The van der Waals surface area contributed by atoms with E-state index in [2.05, 4.69) is 15.6 Å². The fourth-order valence-corrected chi connectivity index (χ4v) is 4.34. The van der Waals surface area contributed by atoms with Crippen molar-refractivity contribution in [3.05, 3.63) is 89.9 Å². The van der Waals surface area contributed by atoms with E-state index in [1.807, 2.05) is 0 Å². The first kappa shape index (κ1) is 33.5. The number of nitrogens with zero attached hydrogens (tertiary/aromatic N) is 1. The zero-order chi connectivity index (χ0) is 33.4. The number of rotatable bonds is 11. The second kappa shape index (κ2) is 14.6. The Labute approximate surface area is 260 Å². The number of benzene rings is 3. The molecule has 3 aromatic carbocycles. The van der Waals surface area contributed by atoms with Gasteiger partial charge in [-0.15, -0.1) is 0 Å². The van der Waals surface area contributed by atoms with Gasteiger partial charge in [0.2, 0.25) is 11.8 Å². The number of halogens is 1. The van der Waals surface area contributed by atoms with Crippen molar-refractivity contribution in [3.63, 3.8) is 0 Å². The minimum Gasteiger partial charge on any atom is -0.481 e. The van der Waals surface area contributed by atoms with Gasteiger partial charge in [-0.1, -0.05) is 0 Å². The molecule has 0 saturated heterocycles. The van der Waals surface area contributed by atoms with Crippen LogP contribution in [0, 0.1) is 11.2 Å². The van der Waals surface area contributed by atoms with Crippen LogP contribution in [-0.4, -0.2) is 60.4 Å². The molecule has 1 aliphatic rings. The van der Waals surface area contributed by atoms with E-state index in [1.165, 1.54) is 24.3 Å². The Morgan fingerprint density at radius 3 is 1.87 bits per heavy atom. The van der Waals surface area contributed by atoms with E-state index >= 15 is 0 Å². The van der Waals surface area contributed by atoms with Crippen LogP contribution in [0.2, 0.25) is 0 Å². The summed E-state index contributed by atoms with van der Waals surface area (Å²) < 4.78 is 19.1. The maximum Gasteiger partial charge on any atom is 0.333 e. The summed E-state index contributed by atoms with van der Waals surface area (Å²) in [5.41, 5.74) is 1.58. The predicted octanol–water partition coefficient (Wildman–Crippen LogP) is 3.41. The number of nitrogens with one attached hydrogen (secondary N) is 2. The second-order valence-electron chi connectivity index (χ2n) is 10.3. The molecule has 0 bridgehead atoms. The van der Waals surface area contributed by atoms with Crippen LogP contribution in [0.25, 0.3) is 10.9 Å². The molecule has 0 aliphatic heterocycles. The van der Waals surface area contributed by atoms with E-state index in [9.17, 15) is 33.8 Å². The summed E-state index contributed by atoms with van der Waals surface area (Å²) in [6.45, 7) is -0.432. The fourth-order valence-electron chi connectivity index (χ4n) is 4.34. The van der Waals surface area contributed by atoms with Gasteiger partial charge in [0.15, 0.2) is 6.10 Å². The number of carbonyl (C=O) groups is 4. The molecule has 1 aromatic heterocycles. The molecule has 0 spiro atoms. The highest BCUT2D eigenvalue weighted by Crippen LogP contribution is 2.47. The third-order valence-corrected chi connectivity index (χ3v) is 7.08. The minimum atomic E-state index is -1.79. The van der Waals surface area contributed by atoms with E-state index in [-0.39, 0.29) is 13.2 Å². The molecule has 14 heteroatoms. The monoisotopic (exact) mass is 635 g/mol. The molecule has 2 amide bonds. The van der Waals surface area contributed by atoms with Crippen molar-refractivity contribution < 1.29 is 53.8 Å². The predicted molar refractivity (Wildman–Crippen MR) is 161 cm³/mol. The van der Waals surface area contributed by atoms with Crippen molar-refractivity contribution in [2.45, 2.75) is 38.6 Å². The lowest BCUT2D eigenvalue weighted by Crippen LogP contribution is -2.35. The van der Waals surface area contributed by atoms with E-state index in [0.717, 1.165) is 0 Å². The highest BCUT2D eigenvalue weighted by molar-refractivity contribution is 6.16. The molecule has 13 nitrogen and oxygen atoms in total. The summed E-state index contributed by atoms with van der Waals surface area (Å²) in [4.78, 5) is 49.4. The summed E-state index contributed by atoms with van der Waals surface area (Å²) >= 11 is 0. The molecule has 46 heavy (non-hydrogen) atoms. The molecule has 1 atom stereocenters. The lowest BCUT2D eigenvalue weighted by molar-refractivity contribution is -0.152. The van der Waals surface area contributed by atoms with Crippen LogP contribution in [0.3, 0.4) is 0 Å². The van der Waals surface area contributed by atoms with Gasteiger partial charge in [0, 0.05) is 23.0 Å². The Balaban J connectivity index is 0.000000468. The first-order valence-corrected chi connectivity index (χ1v) is 13.9. The van der Waals surface area contributed by atoms with Gasteiger partial charge in [-0.2, -0.15) is 0 Å². The number of aliphatic hydroxyl groups excluding tert-OH is 3.